The molecule has 1 aromatic rings. The molecule has 0 aliphatic carbocycles. The van der Waals surface area contributed by atoms with Crippen molar-refractivity contribution in [2.24, 2.45) is 0 Å². The summed E-state index contributed by atoms with van der Waals surface area (Å²) in [4.78, 5) is 15.4. The lowest BCUT2D eigenvalue weighted by Crippen LogP contribution is -2.33. The first-order valence-electron chi connectivity index (χ1n) is 5.81. The third-order valence-corrected chi connectivity index (χ3v) is 2.11. The van der Waals surface area contributed by atoms with Gasteiger partial charge in [-0.05, 0) is 20.8 Å². The molecule has 0 aliphatic rings. The fourth-order valence-electron chi connectivity index (χ4n) is 1.40. The lowest BCUT2D eigenvalue weighted by atomic mass is 10.2. The van der Waals surface area contributed by atoms with E-state index in [9.17, 15) is 4.79 Å². The van der Waals surface area contributed by atoms with E-state index >= 15 is 0 Å². The van der Waals surface area contributed by atoms with Crippen molar-refractivity contribution in [3.8, 4) is 12.3 Å². The molecular weight excluding hydrogens is 230 g/mol. The van der Waals surface area contributed by atoms with Crippen molar-refractivity contribution in [1.82, 2.24) is 14.9 Å². The summed E-state index contributed by atoms with van der Waals surface area (Å²) in [6.07, 6.45) is 8.93. The summed E-state index contributed by atoms with van der Waals surface area (Å²) in [5.41, 5.74) is 0.513. The third-order valence-electron chi connectivity index (χ3n) is 2.11. The standard InChI is InChI=1S/C13H19N3O2/c1-5-8-16-10-14-9-11(16)6-7-15-12(17)18-13(2,3)4/h1,9-10H,6-8H2,2-4H3,(H,15,17). The average Bonchev–Trinajstić information content (AvgIpc) is 2.64. The van der Waals surface area contributed by atoms with Crippen molar-refractivity contribution in [1.29, 1.82) is 0 Å². The highest BCUT2D eigenvalue weighted by molar-refractivity contribution is 5.67. The molecule has 0 atom stereocenters. The number of imidazole rings is 1. The highest BCUT2D eigenvalue weighted by Crippen LogP contribution is 2.06. The van der Waals surface area contributed by atoms with Gasteiger partial charge in [0.15, 0.2) is 0 Å². The number of hydrogen-bond acceptors (Lipinski definition) is 3. The number of nitrogens with one attached hydrogen (secondary N) is 1. The molecule has 1 heterocycles. The Morgan fingerprint density at radius 2 is 2.33 bits per heavy atom. The van der Waals surface area contributed by atoms with Crippen LogP contribution in [-0.2, 0) is 17.7 Å². The van der Waals surface area contributed by atoms with Gasteiger partial charge in [0.1, 0.15) is 5.60 Å². The van der Waals surface area contributed by atoms with Gasteiger partial charge >= 0.3 is 6.09 Å². The molecule has 5 heteroatoms. The molecule has 0 bridgehead atoms. The van der Waals surface area contributed by atoms with Crippen molar-refractivity contribution in [2.75, 3.05) is 6.54 Å². The zero-order valence-corrected chi connectivity index (χ0v) is 11.1. The molecule has 0 radical (unpaired) electrons. The number of carbonyl (C=O) groups is 1. The van der Waals surface area contributed by atoms with Gasteiger partial charge in [-0.3, -0.25) is 0 Å². The van der Waals surface area contributed by atoms with Gasteiger partial charge in [-0.15, -0.1) is 6.42 Å². The third kappa shape index (κ3) is 4.91. The monoisotopic (exact) mass is 249 g/mol. The molecule has 98 valence electrons. The molecule has 1 amide bonds. The van der Waals surface area contributed by atoms with E-state index in [2.05, 4.69) is 16.2 Å². The van der Waals surface area contributed by atoms with Gasteiger partial charge < -0.3 is 14.6 Å². The quantitative estimate of drug-likeness (QED) is 0.824. The van der Waals surface area contributed by atoms with Crippen LogP contribution in [-0.4, -0.2) is 27.8 Å². The van der Waals surface area contributed by atoms with Gasteiger partial charge in [0.05, 0.1) is 12.9 Å². The maximum absolute atomic E-state index is 11.4. The molecule has 0 saturated heterocycles. The van der Waals surface area contributed by atoms with Crippen LogP contribution < -0.4 is 5.32 Å². The molecule has 0 spiro atoms. The zero-order chi connectivity index (χ0) is 13.6. The smallest absolute Gasteiger partial charge is 0.407 e. The Kier molecular flexibility index (Phi) is 4.78. The van der Waals surface area contributed by atoms with Crippen LogP contribution in [0.1, 0.15) is 26.5 Å². The van der Waals surface area contributed by atoms with Gasteiger partial charge in [0.2, 0.25) is 0 Å². The van der Waals surface area contributed by atoms with Gasteiger partial charge in [0, 0.05) is 24.9 Å². The van der Waals surface area contributed by atoms with E-state index in [4.69, 9.17) is 11.2 Å². The minimum absolute atomic E-state index is 0.412. The number of rotatable bonds is 4. The highest BCUT2D eigenvalue weighted by Gasteiger charge is 2.15. The van der Waals surface area contributed by atoms with E-state index in [0.717, 1.165) is 5.69 Å². The first-order valence-corrected chi connectivity index (χ1v) is 5.81. The van der Waals surface area contributed by atoms with E-state index in [0.29, 0.717) is 19.5 Å². The minimum atomic E-state index is -0.477. The number of hydrogen-bond donors (Lipinski definition) is 1. The number of carbonyl (C=O) groups excluding carboxylic acids is 1. The predicted molar refractivity (Wildman–Crippen MR) is 69.0 cm³/mol. The summed E-state index contributed by atoms with van der Waals surface area (Å²) in [6, 6.07) is 0. The predicted octanol–water partition coefficient (Wildman–Crippen LogP) is 1.58. The number of amides is 1. The lowest BCUT2D eigenvalue weighted by Gasteiger charge is -2.19. The van der Waals surface area contributed by atoms with E-state index in [1.165, 1.54) is 0 Å². The summed E-state index contributed by atoms with van der Waals surface area (Å²) in [6.45, 7) is 6.46. The fourth-order valence-corrected chi connectivity index (χ4v) is 1.40. The maximum atomic E-state index is 11.4. The zero-order valence-electron chi connectivity index (χ0n) is 11.1. The Balaban J connectivity index is 2.36. The Labute approximate surface area is 108 Å². The van der Waals surface area contributed by atoms with Gasteiger partial charge in [-0.2, -0.15) is 0 Å². The minimum Gasteiger partial charge on any atom is -0.444 e. The first kappa shape index (κ1) is 14.1. The lowest BCUT2D eigenvalue weighted by molar-refractivity contribution is 0.0528. The summed E-state index contributed by atoms with van der Waals surface area (Å²) in [5, 5.41) is 2.69. The van der Waals surface area contributed by atoms with E-state index < -0.39 is 11.7 Å². The van der Waals surface area contributed by atoms with Gasteiger partial charge in [0.25, 0.3) is 0 Å². The van der Waals surface area contributed by atoms with Gasteiger partial charge in [-0.1, -0.05) is 5.92 Å². The SMILES string of the molecule is C#CCn1cncc1CCNC(=O)OC(C)(C)C. The second-order valence-corrected chi connectivity index (χ2v) is 4.90. The Hall–Kier alpha value is -1.96. The van der Waals surface area contributed by atoms with Crippen LogP contribution in [0.3, 0.4) is 0 Å². The van der Waals surface area contributed by atoms with E-state index in [1.54, 1.807) is 12.5 Å². The molecule has 0 unspecified atom stereocenters. The van der Waals surface area contributed by atoms with Crippen LogP contribution in [0.5, 0.6) is 0 Å². The highest BCUT2D eigenvalue weighted by atomic mass is 16.6. The summed E-state index contributed by atoms with van der Waals surface area (Å²) < 4.78 is 7.00. The van der Waals surface area contributed by atoms with Crippen LogP contribution in [0.25, 0.3) is 0 Å². The maximum Gasteiger partial charge on any atom is 0.407 e. The van der Waals surface area contributed by atoms with Crippen LogP contribution in [0.2, 0.25) is 0 Å². The molecular formula is C13H19N3O2. The number of nitrogens with zero attached hydrogens (tertiary/aromatic N) is 2. The molecule has 1 aromatic heterocycles. The van der Waals surface area contributed by atoms with Crippen molar-refractivity contribution < 1.29 is 9.53 Å². The summed E-state index contributed by atoms with van der Waals surface area (Å²) in [7, 11) is 0. The Morgan fingerprint density at radius 3 is 2.94 bits per heavy atom. The number of alkyl carbamates (subject to hydrolysis) is 1. The van der Waals surface area contributed by atoms with Crippen molar-refractivity contribution in [3.63, 3.8) is 0 Å². The molecule has 1 rings (SSSR count). The topological polar surface area (TPSA) is 56.2 Å². The second kappa shape index (κ2) is 6.10. The van der Waals surface area contributed by atoms with Crippen molar-refractivity contribution in [2.45, 2.75) is 39.3 Å². The first-order chi connectivity index (χ1) is 8.42. The summed E-state index contributed by atoms with van der Waals surface area (Å²) >= 11 is 0. The molecule has 0 aliphatic heterocycles. The second-order valence-electron chi connectivity index (χ2n) is 4.90. The molecule has 1 N–H and O–H groups in total. The van der Waals surface area contributed by atoms with Crippen molar-refractivity contribution in [3.05, 3.63) is 18.2 Å². The molecule has 5 nitrogen and oxygen atoms in total. The molecule has 0 saturated carbocycles. The van der Waals surface area contributed by atoms with Crippen LogP contribution >= 0.6 is 0 Å². The normalized spacial score (nSPS) is 10.8. The van der Waals surface area contributed by atoms with Crippen LogP contribution in [0.15, 0.2) is 12.5 Å². The number of ether oxygens (including phenoxy) is 1. The molecule has 0 aromatic carbocycles. The van der Waals surface area contributed by atoms with Crippen LogP contribution in [0.4, 0.5) is 4.79 Å². The fraction of sp³-hybridized carbons (Fsp3) is 0.538. The Bertz CT molecular complexity index is 438. The number of terminal acetylenes is 1. The van der Waals surface area contributed by atoms with E-state index in [-0.39, 0.29) is 0 Å². The largest absolute Gasteiger partial charge is 0.444 e. The average molecular weight is 249 g/mol. The summed E-state index contributed by atoms with van der Waals surface area (Å²) in [5.74, 6) is 2.55. The van der Waals surface area contributed by atoms with Crippen LogP contribution in [0, 0.1) is 12.3 Å². The van der Waals surface area contributed by atoms with E-state index in [1.807, 2.05) is 25.3 Å². The van der Waals surface area contributed by atoms with Gasteiger partial charge in [-0.25, -0.2) is 9.78 Å². The molecule has 18 heavy (non-hydrogen) atoms. The number of aromatic nitrogens is 2. The Morgan fingerprint density at radius 1 is 1.61 bits per heavy atom. The molecule has 0 fully saturated rings. The van der Waals surface area contributed by atoms with Crippen molar-refractivity contribution >= 4 is 6.09 Å².